The Bertz CT molecular complexity index is 784. The number of para-hydroxylation sites is 1. The van der Waals surface area contributed by atoms with Gasteiger partial charge >= 0.3 is 0 Å². The first-order valence-corrected chi connectivity index (χ1v) is 9.07. The molecule has 1 heterocycles. The van der Waals surface area contributed by atoms with Crippen LogP contribution in [0.1, 0.15) is 24.9 Å². The molecule has 0 bridgehead atoms. The lowest BCUT2D eigenvalue weighted by atomic mass is 9.91. The van der Waals surface area contributed by atoms with E-state index in [1.54, 1.807) is 0 Å². The molecule has 0 aliphatic carbocycles. The van der Waals surface area contributed by atoms with Gasteiger partial charge in [-0.05, 0) is 30.9 Å². The summed E-state index contributed by atoms with van der Waals surface area (Å²) in [4.78, 5) is 26.8. The van der Waals surface area contributed by atoms with Crippen LogP contribution < -0.4 is 4.90 Å². The monoisotopic (exact) mass is 337 g/mol. The summed E-state index contributed by atoms with van der Waals surface area (Å²) < 4.78 is 0. The van der Waals surface area contributed by atoms with Crippen molar-refractivity contribution in [3.8, 4) is 0 Å². The number of rotatable bonds is 4. The van der Waals surface area contributed by atoms with Crippen LogP contribution >= 0.6 is 11.8 Å². The molecule has 1 atom stereocenters. The number of benzene rings is 2. The zero-order valence-electron chi connectivity index (χ0n) is 13.7. The average molecular weight is 337 g/mol. The Morgan fingerprint density at radius 2 is 1.62 bits per heavy atom. The van der Waals surface area contributed by atoms with Crippen LogP contribution in [0.3, 0.4) is 0 Å². The SMILES string of the molecule is CSC1=C(C(C)=O)C(=O)CC(c2ccccc2)N1c1ccccc1. The average Bonchev–Trinajstić information content (AvgIpc) is 2.61. The number of anilines is 1. The van der Waals surface area contributed by atoms with Crippen LogP contribution in [0.25, 0.3) is 0 Å². The molecule has 0 fully saturated rings. The van der Waals surface area contributed by atoms with Gasteiger partial charge in [0.15, 0.2) is 11.6 Å². The summed E-state index contributed by atoms with van der Waals surface area (Å²) in [6.45, 7) is 1.47. The first kappa shape index (κ1) is 16.5. The van der Waals surface area contributed by atoms with Gasteiger partial charge in [-0.15, -0.1) is 11.8 Å². The van der Waals surface area contributed by atoms with Gasteiger partial charge in [-0.3, -0.25) is 9.59 Å². The van der Waals surface area contributed by atoms with Crippen LogP contribution in [-0.2, 0) is 9.59 Å². The maximum atomic E-state index is 12.6. The number of hydrogen-bond donors (Lipinski definition) is 0. The molecule has 4 heteroatoms. The van der Waals surface area contributed by atoms with Gasteiger partial charge in [0.05, 0.1) is 16.6 Å². The highest BCUT2D eigenvalue weighted by atomic mass is 32.2. The summed E-state index contributed by atoms with van der Waals surface area (Å²) in [7, 11) is 0. The molecule has 3 rings (SSSR count). The van der Waals surface area contributed by atoms with Crippen LogP contribution in [0, 0.1) is 0 Å². The Morgan fingerprint density at radius 1 is 1.04 bits per heavy atom. The van der Waals surface area contributed by atoms with Gasteiger partial charge in [0, 0.05) is 12.1 Å². The molecule has 122 valence electrons. The van der Waals surface area contributed by atoms with Gasteiger partial charge in [0.2, 0.25) is 0 Å². The van der Waals surface area contributed by atoms with Gasteiger partial charge in [-0.1, -0.05) is 48.5 Å². The van der Waals surface area contributed by atoms with E-state index in [0.29, 0.717) is 12.0 Å². The minimum Gasteiger partial charge on any atom is -0.328 e. The Hall–Kier alpha value is -2.33. The molecule has 0 saturated heterocycles. The Morgan fingerprint density at radius 3 is 2.17 bits per heavy atom. The lowest BCUT2D eigenvalue weighted by molar-refractivity contribution is -0.121. The second kappa shape index (κ2) is 7.05. The van der Waals surface area contributed by atoms with Crippen molar-refractivity contribution < 1.29 is 9.59 Å². The molecular formula is C20H19NO2S. The molecule has 0 radical (unpaired) electrons. The second-order valence-corrected chi connectivity index (χ2v) is 6.49. The maximum Gasteiger partial charge on any atom is 0.171 e. The minimum absolute atomic E-state index is 0.0760. The number of allylic oxidation sites excluding steroid dienone is 1. The van der Waals surface area contributed by atoms with E-state index in [1.807, 2.05) is 66.9 Å². The van der Waals surface area contributed by atoms with Crippen LogP contribution in [-0.4, -0.2) is 17.8 Å². The molecule has 0 N–H and O–H groups in total. The standard InChI is InChI=1S/C20H19NO2S/c1-14(22)19-18(23)13-17(15-9-5-3-6-10-15)21(20(19)24-2)16-11-7-4-8-12-16/h3-12,17H,13H2,1-2H3. The van der Waals surface area contributed by atoms with Gasteiger partial charge in [-0.25, -0.2) is 0 Å². The summed E-state index contributed by atoms with van der Waals surface area (Å²) in [6, 6.07) is 19.8. The molecule has 0 spiro atoms. The van der Waals surface area contributed by atoms with E-state index in [1.165, 1.54) is 18.7 Å². The number of carbonyl (C=O) groups excluding carboxylic acids is 2. The Labute approximate surface area is 146 Å². The minimum atomic E-state index is -0.170. The quantitative estimate of drug-likeness (QED) is 0.776. The largest absolute Gasteiger partial charge is 0.328 e. The Kier molecular flexibility index (Phi) is 4.86. The molecule has 1 unspecified atom stereocenters. The van der Waals surface area contributed by atoms with Gasteiger partial charge in [0.1, 0.15) is 0 Å². The summed E-state index contributed by atoms with van der Waals surface area (Å²) in [5, 5.41) is 0.735. The number of nitrogens with zero attached hydrogens (tertiary/aromatic N) is 1. The number of ketones is 2. The predicted octanol–water partition coefficient (Wildman–Crippen LogP) is 4.37. The summed E-state index contributed by atoms with van der Waals surface area (Å²) >= 11 is 1.45. The van der Waals surface area contributed by atoms with Crippen molar-refractivity contribution in [3.05, 3.63) is 76.8 Å². The van der Waals surface area contributed by atoms with Crippen LogP contribution in [0.5, 0.6) is 0 Å². The highest BCUT2D eigenvalue weighted by molar-refractivity contribution is 8.02. The van der Waals surface area contributed by atoms with E-state index >= 15 is 0 Å². The van der Waals surface area contributed by atoms with E-state index < -0.39 is 0 Å². The zero-order chi connectivity index (χ0) is 17.1. The predicted molar refractivity (Wildman–Crippen MR) is 99.0 cm³/mol. The van der Waals surface area contributed by atoms with Crippen molar-refractivity contribution in [1.29, 1.82) is 0 Å². The number of Topliss-reactive ketones (excluding diaryl/α,β-unsaturated/α-hetero) is 2. The van der Waals surface area contributed by atoms with Crippen molar-refractivity contribution in [2.24, 2.45) is 0 Å². The summed E-state index contributed by atoms with van der Waals surface area (Å²) in [5.74, 6) is -0.246. The fraction of sp³-hybridized carbons (Fsp3) is 0.200. The molecule has 1 aliphatic rings. The fourth-order valence-corrected chi connectivity index (χ4v) is 4.02. The highest BCUT2D eigenvalue weighted by Crippen LogP contribution is 2.42. The van der Waals surface area contributed by atoms with E-state index in [2.05, 4.69) is 4.90 Å². The smallest absolute Gasteiger partial charge is 0.171 e. The van der Waals surface area contributed by atoms with Crippen molar-refractivity contribution in [2.75, 3.05) is 11.2 Å². The van der Waals surface area contributed by atoms with Crippen LogP contribution in [0.15, 0.2) is 71.3 Å². The van der Waals surface area contributed by atoms with Crippen molar-refractivity contribution in [1.82, 2.24) is 0 Å². The van der Waals surface area contributed by atoms with Gasteiger partial charge < -0.3 is 4.90 Å². The summed E-state index contributed by atoms with van der Waals surface area (Å²) in [6.07, 6.45) is 2.22. The number of carbonyl (C=O) groups is 2. The normalized spacial score (nSPS) is 18.0. The molecular weight excluding hydrogens is 318 g/mol. The molecule has 0 amide bonds. The molecule has 0 aromatic heterocycles. The topological polar surface area (TPSA) is 37.4 Å². The van der Waals surface area contributed by atoms with E-state index in [-0.39, 0.29) is 17.6 Å². The van der Waals surface area contributed by atoms with Crippen molar-refractivity contribution in [2.45, 2.75) is 19.4 Å². The lowest BCUT2D eigenvalue weighted by Crippen LogP contribution is -2.36. The number of thioether (sulfide) groups is 1. The van der Waals surface area contributed by atoms with Gasteiger partial charge in [-0.2, -0.15) is 0 Å². The second-order valence-electron chi connectivity index (χ2n) is 5.70. The molecule has 24 heavy (non-hydrogen) atoms. The molecule has 0 saturated carbocycles. The third-order valence-corrected chi connectivity index (χ3v) is 4.95. The van der Waals surface area contributed by atoms with Crippen molar-refractivity contribution >= 4 is 29.0 Å². The zero-order valence-corrected chi connectivity index (χ0v) is 14.5. The van der Waals surface area contributed by atoms with Crippen LogP contribution in [0.2, 0.25) is 0 Å². The van der Waals surface area contributed by atoms with Crippen molar-refractivity contribution in [3.63, 3.8) is 0 Å². The van der Waals surface area contributed by atoms with Gasteiger partial charge in [0.25, 0.3) is 0 Å². The first-order chi connectivity index (χ1) is 11.6. The summed E-state index contributed by atoms with van der Waals surface area (Å²) in [5.41, 5.74) is 2.38. The third-order valence-electron chi connectivity index (χ3n) is 4.17. The highest BCUT2D eigenvalue weighted by Gasteiger charge is 2.36. The molecule has 3 nitrogen and oxygen atoms in total. The third kappa shape index (κ3) is 3.02. The number of hydrogen-bond acceptors (Lipinski definition) is 4. The van der Waals surface area contributed by atoms with E-state index in [4.69, 9.17) is 0 Å². The van der Waals surface area contributed by atoms with E-state index in [0.717, 1.165) is 16.3 Å². The first-order valence-electron chi connectivity index (χ1n) is 7.85. The fourth-order valence-electron chi connectivity index (χ4n) is 3.13. The molecule has 2 aromatic carbocycles. The van der Waals surface area contributed by atoms with E-state index in [9.17, 15) is 9.59 Å². The molecule has 2 aromatic rings. The lowest BCUT2D eigenvalue weighted by Gasteiger charge is -2.39. The van der Waals surface area contributed by atoms with Crippen LogP contribution in [0.4, 0.5) is 5.69 Å². The molecule has 1 aliphatic heterocycles. The maximum absolute atomic E-state index is 12.6. The Balaban J connectivity index is 2.20.